The molecule has 4 heterocycles. The number of thiophene rings is 2. The molecule has 2 unspecified atom stereocenters. The van der Waals surface area contributed by atoms with Gasteiger partial charge in [0.1, 0.15) is 16.8 Å². The predicted molar refractivity (Wildman–Crippen MR) is 158 cm³/mol. The third kappa shape index (κ3) is 8.44. The summed E-state index contributed by atoms with van der Waals surface area (Å²) in [6, 6.07) is 4.09. The molecule has 4 aromatic heterocycles. The fourth-order valence-corrected chi connectivity index (χ4v) is 7.10. The topological polar surface area (TPSA) is 168 Å². The van der Waals surface area contributed by atoms with Crippen LogP contribution in [0.1, 0.15) is 23.4 Å². The van der Waals surface area contributed by atoms with Crippen molar-refractivity contribution in [1.29, 1.82) is 0 Å². The normalized spacial score (nSPS) is 11.2. The third-order valence-corrected chi connectivity index (χ3v) is 9.36. The van der Waals surface area contributed by atoms with Gasteiger partial charge < -0.3 is 30.1 Å². The number of alkyl carbamates (subject to hydrolysis) is 2. The number of aromatic amines is 2. The lowest BCUT2D eigenvalue weighted by Crippen LogP contribution is -2.25. The van der Waals surface area contributed by atoms with Gasteiger partial charge in [-0.1, -0.05) is 0 Å². The molecule has 0 saturated heterocycles. The zero-order valence-electron chi connectivity index (χ0n) is 21.3. The highest BCUT2D eigenvalue weighted by atomic mass is 32.1. The van der Waals surface area contributed by atoms with E-state index in [0.29, 0.717) is 16.8 Å². The molecule has 4 rings (SSSR count). The molecular formula is C24H24N6O6P2S2. The third-order valence-electron chi connectivity index (χ3n) is 5.07. The van der Waals surface area contributed by atoms with Crippen LogP contribution >= 0.6 is 39.8 Å². The Kier molecular flexibility index (Phi) is 10.4. The van der Waals surface area contributed by atoms with Crippen molar-refractivity contribution in [2.75, 3.05) is 27.3 Å². The Bertz CT molecular complexity index is 1570. The first kappa shape index (κ1) is 29.4. The lowest BCUT2D eigenvalue weighted by molar-refractivity contribution is -0.111. The molecule has 12 nitrogen and oxygen atoms in total. The molecule has 4 aromatic rings. The zero-order chi connectivity index (χ0) is 28.5. The second-order valence-electron chi connectivity index (χ2n) is 7.92. The first-order chi connectivity index (χ1) is 19.3. The van der Waals surface area contributed by atoms with Gasteiger partial charge in [0.15, 0.2) is 11.0 Å². The van der Waals surface area contributed by atoms with Crippen LogP contribution in [0.4, 0.5) is 9.59 Å². The lowest BCUT2D eigenvalue weighted by Gasteiger charge is -2.02. The van der Waals surface area contributed by atoms with Crippen molar-refractivity contribution in [3.8, 4) is 22.4 Å². The van der Waals surface area contributed by atoms with Crippen LogP contribution in [-0.2, 0) is 19.1 Å². The number of fused-ring (bicyclic) bond motifs is 1. The van der Waals surface area contributed by atoms with Gasteiger partial charge in [-0.15, -0.1) is 22.7 Å². The van der Waals surface area contributed by atoms with Crippen LogP contribution in [0.25, 0.3) is 20.0 Å². The van der Waals surface area contributed by atoms with Crippen LogP contribution in [0.3, 0.4) is 0 Å². The first-order valence-corrected chi connectivity index (χ1v) is 15.4. The summed E-state index contributed by atoms with van der Waals surface area (Å²) in [5.41, 5.74) is 2.54. The minimum absolute atomic E-state index is 0.0166. The number of imidazole rings is 2. The van der Waals surface area contributed by atoms with Crippen LogP contribution < -0.4 is 21.8 Å². The van der Waals surface area contributed by atoms with E-state index in [2.05, 4.69) is 58.0 Å². The van der Waals surface area contributed by atoms with E-state index < -0.39 is 12.2 Å². The molecule has 0 spiro atoms. The smallest absolute Gasteiger partial charge is 0.406 e. The van der Waals surface area contributed by atoms with Crippen molar-refractivity contribution >= 4 is 83.6 Å². The quantitative estimate of drug-likeness (QED) is 0.147. The standard InChI is InChI=1S/C24H24N6O6P2S2/c1-35-23(33)25-7-5-19(31)37-21-27-11-13(29-21)3-4-14-9-17-18(39-14)10-16(40-17)15-12-28-22(30-15)38-20(32)6-8-26-24(34)36-2/h9-12,37-38H,5-8H2,1-2H3,(H,25,33)(H,26,34)(H,27,29)(H,28,30). The van der Waals surface area contributed by atoms with Crippen molar-refractivity contribution in [3.63, 3.8) is 0 Å². The van der Waals surface area contributed by atoms with Crippen molar-refractivity contribution < 1.29 is 28.7 Å². The summed E-state index contributed by atoms with van der Waals surface area (Å²) in [5.74, 6) is 6.19. The van der Waals surface area contributed by atoms with Gasteiger partial charge in [-0.05, 0) is 24.0 Å². The average molecular weight is 619 g/mol. The summed E-state index contributed by atoms with van der Waals surface area (Å²) in [7, 11) is 2.26. The number of nitrogens with one attached hydrogen (secondary N) is 4. The molecule has 2 amide bonds. The van der Waals surface area contributed by atoms with Crippen LogP contribution in [-0.4, -0.2) is 70.5 Å². The average Bonchev–Trinajstić information content (AvgIpc) is 3.71. The maximum Gasteiger partial charge on any atom is 0.406 e. The number of rotatable bonds is 11. The summed E-state index contributed by atoms with van der Waals surface area (Å²) in [6.07, 6.45) is 2.58. The van der Waals surface area contributed by atoms with E-state index >= 15 is 0 Å². The fraction of sp³-hybridized carbons (Fsp3) is 0.250. The summed E-state index contributed by atoms with van der Waals surface area (Å²) >= 11 is 3.17. The number of carbonyl (C=O) groups excluding carboxylic acids is 4. The number of hydrogen-bond acceptors (Lipinski definition) is 10. The van der Waals surface area contributed by atoms with Crippen molar-refractivity contribution in [3.05, 3.63) is 35.1 Å². The summed E-state index contributed by atoms with van der Waals surface area (Å²) in [4.78, 5) is 63.1. The Labute approximate surface area is 240 Å². The van der Waals surface area contributed by atoms with Gasteiger partial charge in [-0.25, -0.2) is 19.6 Å². The van der Waals surface area contributed by atoms with Crippen LogP contribution in [0.2, 0.25) is 0 Å². The number of amides is 2. The van der Waals surface area contributed by atoms with Gasteiger partial charge in [0.25, 0.3) is 0 Å². The molecule has 2 atom stereocenters. The molecule has 0 aliphatic rings. The van der Waals surface area contributed by atoms with Crippen LogP contribution in [0.15, 0.2) is 24.5 Å². The van der Waals surface area contributed by atoms with E-state index in [1.807, 2.05) is 6.07 Å². The molecule has 0 bridgehead atoms. The summed E-state index contributed by atoms with van der Waals surface area (Å²) < 4.78 is 11.1. The Hall–Kier alpha value is -3.62. The Morgan fingerprint density at radius 3 is 2.08 bits per heavy atom. The molecule has 0 aliphatic carbocycles. The summed E-state index contributed by atoms with van der Waals surface area (Å²) in [6.45, 7) is 0.431. The Morgan fingerprint density at radius 2 is 1.45 bits per heavy atom. The number of nitrogens with zero attached hydrogens (tertiary/aromatic N) is 2. The van der Waals surface area contributed by atoms with Gasteiger partial charge in [-0.3, -0.25) is 9.59 Å². The number of hydrogen-bond donors (Lipinski definition) is 4. The molecule has 40 heavy (non-hydrogen) atoms. The van der Waals surface area contributed by atoms with Gasteiger partial charge in [0, 0.05) is 52.5 Å². The predicted octanol–water partition coefficient (Wildman–Crippen LogP) is 2.63. The molecule has 208 valence electrons. The number of H-pyrrole nitrogens is 2. The monoisotopic (exact) mass is 618 g/mol. The van der Waals surface area contributed by atoms with E-state index in [0.717, 1.165) is 24.8 Å². The maximum absolute atomic E-state index is 12.2. The molecular weight excluding hydrogens is 594 g/mol. The number of carbonyl (C=O) groups is 4. The number of aromatic nitrogens is 4. The van der Waals surface area contributed by atoms with E-state index in [-0.39, 0.29) is 54.1 Å². The fourth-order valence-electron chi connectivity index (χ4n) is 3.21. The molecule has 16 heteroatoms. The van der Waals surface area contributed by atoms with Crippen molar-refractivity contribution in [1.82, 2.24) is 30.6 Å². The molecule has 0 aromatic carbocycles. The van der Waals surface area contributed by atoms with E-state index in [4.69, 9.17) is 0 Å². The van der Waals surface area contributed by atoms with Crippen molar-refractivity contribution in [2.45, 2.75) is 12.8 Å². The summed E-state index contributed by atoms with van der Waals surface area (Å²) in [5, 5.41) is 4.96. The van der Waals surface area contributed by atoms with E-state index in [1.54, 1.807) is 35.1 Å². The highest BCUT2D eigenvalue weighted by molar-refractivity contribution is 7.65. The number of ether oxygens (including phenoxy) is 2. The molecule has 4 N–H and O–H groups in total. The minimum Gasteiger partial charge on any atom is -0.453 e. The van der Waals surface area contributed by atoms with Crippen molar-refractivity contribution in [2.24, 2.45) is 0 Å². The highest BCUT2D eigenvalue weighted by Gasteiger charge is 2.13. The van der Waals surface area contributed by atoms with Gasteiger partial charge in [0.2, 0.25) is 0 Å². The van der Waals surface area contributed by atoms with Gasteiger partial charge in [-0.2, -0.15) is 0 Å². The molecule has 0 radical (unpaired) electrons. The first-order valence-electron chi connectivity index (χ1n) is 11.7. The maximum atomic E-state index is 12.2. The van der Waals surface area contributed by atoms with E-state index in [9.17, 15) is 19.2 Å². The van der Waals surface area contributed by atoms with Gasteiger partial charge >= 0.3 is 12.2 Å². The minimum atomic E-state index is -0.570. The van der Waals surface area contributed by atoms with Gasteiger partial charge in [0.05, 0.1) is 42.1 Å². The molecule has 0 fully saturated rings. The zero-order valence-corrected chi connectivity index (χ0v) is 24.9. The van der Waals surface area contributed by atoms with E-state index in [1.165, 1.54) is 14.2 Å². The molecule has 0 saturated carbocycles. The molecule has 0 aliphatic heterocycles. The second-order valence-corrected chi connectivity index (χ2v) is 12.7. The lowest BCUT2D eigenvalue weighted by atomic mass is 10.3. The largest absolute Gasteiger partial charge is 0.453 e. The van der Waals surface area contributed by atoms with Crippen LogP contribution in [0, 0.1) is 11.8 Å². The highest BCUT2D eigenvalue weighted by Crippen LogP contribution is 2.37. The Balaban J connectivity index is 1.30. The number of methoxy groups -OCH3 is 2. The Morgan fingerprint density at radius 1 is 0.850 bits per heavy atom. The van der Waals surface area contributed by atoms with Crippen LogP contribution in [0.5, 0.6) is 0 Å². The second kappa shape index (κ2) is 14.1. The SMILES string of the molecule is COC(=O)NCCC(=O)Pc1ncc(C#Cc2cc3sc(-c4cnc(PC(=O)CCNC(=O)OC)[nH]4)cc3s2)[nH]1.